The van der Waals surface area contributed by atoms with E-state index in [9.17, 15) is 4.79 Å². The van der Waals surface area contributed by atoms with E-state index in [4.69, 9.17) is 0 Å². The number of hydrogen-bond donors (Lipinski definition) is 2. The number of halogens is 1. The molecule has 0 aliphatic rings. The molecule has 0 saturated heterocycles. The van der Waals surface area contributed by atoms with Crippen LogP contribution in [0.3, 0.4) is 0 Å². The maximum Gasteiger partial charge on any atom is 0.257 e. The number of nitrogens with zero attached hydrogens (tertiary/aromatic N) is 2. The molecule has 2 N–H and O–H groups in total. The summed E-state index contributed by atoms with van der Waals surface area (Å²) in [5.41, 5.74) is 3.04. The third kappa shape index (κ3) is 4.17. The summed E-state index contributed by atoms with van der Waals surface area (Å²) < 4.78 is 0.831. The molecule has 2 heterocycles. The molecule has 0 unspecified atom stereocenters. The van der Waals surface area contributed by atoms with Gasteiger partial charge in [-0.15, -0.1) is 0 Å². The van der Waals surface area contributed by atoms with Gasteiger partial charge in [0.1, 0.15) is 0 Å². The Morgan fingerprint density at radius 2 is 1.92 bits per heavy atom. The average Bonchev–Trinajstić information content (AvgIpc) is 2.63. The minimum absolute atomic E-state index is 0.209. The van der Waals surface area contributed by atoms with Gasteiger partial charge in [0.15, 0.2) is 0 Å². The number of rotatable bonds is 5. The van der Waals surface area contributed by atoms with Gasteiger partial charge in [-0.05, 0) is 45.8 Å². The van der Waals surface area contributed by atoms with Gasteiger partial charge in [-0.3, -0.25) is 14.8 Å². The summed E-state index contributed by atoms with van der Waals surface area (Å²) in [5.74, 6) is -0.209. The van der Waals surface area contributed by atoms with Crippen LogP contribution in [0.1, 0.15) is 15.9 Å². The van der Waals surface area contributed by atoms with Crippen LogP contribution in [0.5, 0.6) is 0 Å². The Bertz CT molecular complexity index is 839. The number of anilines is 2. The van der Waals surface area contributed by atoms with Crippen molar-refractivity contribution in [2.45, 2.75) is 6.54 Å². The molecule has 0 fully saturated rings. The summed E-state index contributed by atoms with van der Waals surface area (Å²) in [7, 11) is 0. The summed E-state index contributed by atoms with van der Waals surface area (Å²) in [6, 6.07) is 13.1. The normalized spacial score (nSPS) is 10.2. The van der Waals surface area contributed by atoms with E-state index in [0.29, 0.717) is 12.1 Å². The van der Waals surface area contributed by atoms with Gasteiger partial charge in [0, 0.05) is 35.8 Å². The fourth-order valence-corrected chi connectivity index (χ4v) is 2.51. The standard InChI is InChI=1S/C18H15BrN4O/c19-16-5-1-2-6-17(16)23-18(24)14-8-15(12-21-11-14)22-10-13-4-3-7-20-9-13/h1-9,11-12,22H,10H2,(H,23,24). The van der Waals surface area contributed by atoms with Crippen LogP contribution in [-0.4, -0.2) is 15.9 Å². The number of hydrogen-bond acceptors (Lipinski definition) is 4. The second-order valence-corrected chi connectivity index (χ2v) is 5.97. The predicted molar refractivity (Wildman–Crippen MR) is 97.9 cm³/mol. The molecule has 1 aromatic carbocycles. The molecule has 0 atom stereocenters. The summed E-state index contributed by atoms with van der Waals surface area (Å²) in [4.78, 5) is 20.6. The minimum atomic E-state index is -0.209. The largest absolute Gasteiger partial charge is 0.380 e. The Balaban J connectivity index is 1.68. The van der Waals surface area contributed by atoms with Crippen molar-refractivity contribution in [1.29, 1.82) is 0 Å². The van der Waals surface area contributed by atoms with Gasteiger partial charge in [-0.25, -0.2) is 0 Å². The molecule has 5 nitrogen and oxygen atoms in total. The molecule has 0 saturated carbocycles. The number of nitrogens with one attached hydrogen (secondary N) is 2. The number of carbonyl (C=O) groups excluding carboxylic acids is 1. The molecule has 2 aromatic heterocycles. The van der Waals surface area contributed by atoms with Crippen LogP contribution in [0.4, 0.5) is 11.4 Å². The van der Waals surface area contributed by atoms with E-state index in [1.165, 1.54) is 0 Å². The van der Waals surface area contributed by atoms with E-state index < -0.39 is 0 Å². The summed E-state index contributed by atoms with van der Waals surface area (Å²) in [6.07, 6.45) is 6.76. The van der Waals surface area contributed by atoms with Crippen molar-refractivity contribution in [3.05, 3.63) is 82.9 Å². The van der Waals surface area contributed by atoms with Crippen LogP contribution < -0.4 is 10.6 Å². The molecule has 0 bridgehead atoms. The maximum atomic E-state index is 12.4. The Hall–Kier alpha value is -2.73. The lowest BCUT2D eigenvalue weighted by atomic mass is 10.2. The van der Waals surface area contributed by atoms with Crippen molar-refractivity contribution < 1.29 is 4.79 Å². The smallest absolute Gasteiger partial charge is 0.257 e. The van der Waals surface area contributed by atoms with Gasteiger partial charge in [-0.2, -0.15) is 0 Å². The van der Waals surface area contributed by atoms with E-state index in [1.54, 1.807) is 30.9 Å². The van der Waals surface area contributed by atoms with Crippen molar-refractivity contribution in [3.63, 3.8) is 0 Å². The summed E-state index contributed by atoms with van der Waals surface area (Å²) >= 11 is 3.41. The first kappa shape index (κ1) is 16.1. The maximum absolute atomic E-state index is 12.4. The molecule has 0 aliphatic carbocycles. The van der Waals surface area contributed by atoms with Crippen LogP contribution in [-0.2, 0) is 6.54 Å². The van der Waals surface area contributed by atoms with Crippen molar-refractivity contribution >= 4 is 33.2 Å². The lowest BCUT2D eigenvalue weighted by Crippen LogP contribution is -2.13. The van der Waals surface area contributed by atoms with Crippen molar-refractivity contribution in [2.75, 3.05) is 10.6 Å². The summed E-state index contributed by atoms with van der Waals surface area (Å²) in [6.45, 7) is 0.616. The molecule has 24 heavy (non-hydrogen) atoms. The Labute approximate surface area is 148 Å². The zero-order chi connectivity index (χ0) is 16.8. The fraction of sp³-hybridized carbons (Fsp3) is 0.0556. The third-order valence-electron chi connectivity index (χ3n) is 3.34. The molecule has 6 heteroatoms. The quantitative estimate of drug-likeness (QED) is 0.696. The first-order chi connectivity index (χ1) is 11.7. The van der Waals surface area contributed by atoms with Gasteiger partial charge >= 0.3 is 0 Å². The van der Waals surface area contributed by atoms with E-state index in [1.807, 2.05) is 36.4 Å². The van der Waals surface area contributed by atoms with Crippen LogP contribution in [0.2, 0.25) is 0 Å². The van der Waals surface area contributed by atoms with Crippen molar-refractivity contribution in [1.82, 2.24) is 9.97 Å². The second-order valence-electron chi connectivity index (χ2n) is 5.11. The van der Waals surface area contributed by atoms with Gasteiger partial charge in [0.05, 0.1) is 16.9 Å². The zero-order valence-corrected chi connectivity index (χ0v) is 14.3. The van der Waals surface area contributed by atoms with E-state index in [2.05, 4.69) is 36.5 Å². The zero-order valence-electron chi connectivity index (χ0n) is 12.7. The van der Waals surface area contributed by atoms with Crippen molar-refractivity contribution in [3.8, 4) is 0 Å². The van der Waals surface area contributed by atoms with Crippen LogP contribution in [0, 0.1) is 0 Å². The molecule has 120 valence electrons. The highest BCUT2D eigenvalue weighted by atomic mass is 79.9. The third-order valence-corrected chi connectivity index (χ3v) is 4.03. The Morgan fingerprint density at radius 1 is 1.04 bits per heavy atom. The van der Waals surface area contributed by atoms with Crippen LogP contribution in [0.15, 0.2) is 71.7 Å². The molecule has 3 aromatic rings. The molecule has 3 rings (SSSR count). The van der Waals surface area contributed by atoms with Gasteiger partial charge in [0.25, 0.3) is 5.91 Å². The van der Waals surface area contributed by atoms with E-state index in [0.717, 1.165) is 21.4 Å². The topological polar surface area (TPSA) is 66.9 Å². The van der Waals surface area contributed by atoms with E-state index in [-0.39, 0.29) is 5.91 Å². The Kier molecular flexibility index (Phi) is 5.18. The molecular weight excluding hydrogens is 368 g/mol. The number of pyridine rings is 2. The first-order valence-electron chi connectivity index (χ1n) is 7.36. The highest BCUT2D eigenvalue weighted by Gasteiger charge is 2.09. The fourth-order valence-electron chi connectivity index (χ4n) is 2.12. The highest BCUT2D eigenvalue weighted by molar-refractivity contribution is 9.10. The monoisotopic (exact) mass is 382 g/mol. The lowest BCUT2D eigenvalue weighted by Gasteiger charge is -2.09. The average molecular weight is 383 g/mol. The highest BCUT2D eigenvalue weighted by Crippen LogP contribution is 2.22. The second kappa shape index (κ2) is 7.70. The molecule has 0 radical (unpaired) electrons. The SMILES string of the molecule is O=C(Nc1ccccc1Br)c1cncc(NCc2cccnc2)c1. The molecular formula is C18H15BrN4O. The molecule has 1 amide bonds. The minimum Gasteiger partial charge on any atom is -0.380 e. The van der Waals surface area contributed by atoms with Crippen molar-refractivity contribution in [2.24, 2.45) is 0 Å². The number of amides is 1. The first-order valence-corrected chi connectivity index (χ1v) is 8.15. The number of benzene rings is 1. The Morgan fingerprint density at radius 3 is 2.71 bits per heavy atom. The number of carbonyl (C=O) groups is 1. The number of aromatic nitrogens is 2. The predicted octanol–water partition coefficient (Wildman–Crippen LogP) is 4.10. The van der Waals surface area contributed by atoms with Gasteiger partial charge < -0.3 is 10.6 Å². The van der Waals surface area contributed by atoms with Gasteiger partial charge in [-0.1, -0.05) is 18.2 Å². The summed E-state index contributed by atoms with van der Waals surface area (Å²) in [5, 5.41) is 6.10. The van der Waals surface area contributed by atoms with E-state index >= 15 is 0 Å². The van der Waals surface area contributed by atoms with Crippen LogP contribution >= 0.6 is 15.9 Å². The molecule has 0 spiro atoms. The molecule has 0 aliphatic heterocycles. The number of para-hydroxylation sites is 1. The lowest BCUT2D eigenvalue weighted by molar-refractivity contribution is 0.102. The van der Waals surface area contributed by atoms with Gasteiger partial charge in [0.2, 0.25) is 0 Å². The van der Waals surface area contributed by atoms with Crippen LogP contribution in [0.25, 0.3) is 0 Å².